The molecule has 146 valence electrons. The molecule has 0 spiro atoms. The minimum Gasteiger partial charge on any atom is -0.473 e. The second-order valence-electron chi connectivity index (χ2n) is 6.54. The van der Waals surface area contributed by atoms with Gasteiger partial charge in [0.1, 0.15) is 6.61 Å². The van der Waals surface area contributed by atoms with E-state index in [4.69, 9.17) is 4.74 Å². The van der Waals surface area contributed by atoms with Crippen LogP contribution in [0.5, 0.6) is 5.88 Å². The van der Waals surface area contributed by atoms with Crippen LogP contribution >= 0.6 is 11.3 Å². The molecule has 2 N–H and O–H groups in total. The molecule has 0 saturated heterocycles. The Balaban J connectivity index is 1.47. The van der Waals surface area contributed by atoms with Crippen molar-refractivity contribution in [3.63, 3.8) is 0 Å². The highest BCUT2D eigenvalue weighted by molar-refractivity contribution is 7.07. The summed E-state index contributed by atoms with van der Waals surface area (Å²) in [4.78, 5) is 8.60. The van der Waals surface area contributed by atoms with Crippen LogP contribution in [0.1, 0.15) is 29.5 Å². The van der Waals surface area contributed by atoms with E-state index in [1.165, 1.54) is 5.56 Å². The van der Waals surface area contributed by atoms with Gasteiger partial charge in [0.25, 0.3) is 0 Å². The fraction of sp³-hybridized carbons (Fsp3) is 0.273. The normalized spacial score (nSPS) is 12.4. The highest BCUT2D eigenvalue weighted by Gasteiger charge is 2.07. The van der Waals surface area contributed by atoms with Gasteiger partial charge in [-0.1, -0.05) is 37.3 Å². The van der Waals surface area contributed by atoms with Crippen molar-refractivity contribution in [2.24, 2.45) is 4.99 Å². The van der Waals surface area contributed by atoms with Crippen molar-refractivity contribution in [1.29, 1.82) is 0 Å². The van der Waals surface area contributed by atoms with Crippen molar-refractivity contribution in [2.75, 3.05) is 13.6 Å². The van der Waals surface area contributed by atoms with E-state index in [2.05, 4.69) is 44.4 Å². The van der Waals surface area contributed by atoms with Crippen molar-refractivity contribution in [1.82, 2.24) is 15.6 Å². The molecule has 0 fully saturated rings. The van der Waals surface area contributed by atoms with E-state index >= 15 is 0 Å². The summed E-state index contributed by atoms with van der Waals surface area (Å²) < 4.78 is 5.80. The molecule has 0 aliphatic heterocycles. The molecular formula is C22H26N4OS. The van der Waals surface area contributed by atoms with Crippen LogP contribution in [-0.2, 0) is 13.2 Å². The standard InChI is InChI=1S/C22H26N4OS/c1-17(20-9-11-28-16-20)13-25-22(23-2)26-14-19-8-10-24-21(12-19)27-15-18-6-4-3-5-7-18/h3-12,16-17H,13-15H2,1-2H3,(H2,23,25,26). The summed E-state index contributed by atoms with van der Waals surface area (Å²) in [5, 5.41) is 11.0. The van der Waals surface area contributed by atoms with Gasteiger partial charge in [0.2, 0.25) is 5.88 Å². The van der Waals surface area contributed by atoms with Gasteiger partial charge in [0.15, 0.2) is 5.96 Å². The lowest BCUT2D eigenvalue weighted by Crippen LogP contribution is -2.38. The Bertz CT molecular complexity index is 865. The molecule has 0 bridgehead atoms. The number of guanidine groups is 1. The molecule has 2 aromatic heterocycles. The van der Waals surface area contributed by atoms with Gasteiger partial charge in [-0.25, -0.2) is 4.98 Å². The van der Waals surface area contributed by atoms with Crippen molar-refractivity contribution >= 4 is 17.3 Å². The quantitative estimate of drug-likeness (QED) is 0.444. The van der Waals surface area contributed by atoms with Crippen LogP contribution in [0.4, 0.5) is 0 Å². The molecule has 1 atom stereocenters. The zero-order valence-corrected chi connectivity index (χ0v) is 17.1. The average molecular weight is 395 g/mol. The molecular weight excluding hydrogens is 368 g/mol. The molecule has 1 unspecified atom stereocenters. The van der Waals surface area contributed by atoms with Gasteiger partial charge < -0.3 is 15.4 Å². The minimum atomic E-state index is 0.434. The third-order valence-electron chi connectivity index (χ3n) is 4.40. The minimum absolute atomic E-state index is 0.434. The van der Waals surface area contributed by atoms with Crippen LogP contribution in [0, 0.1) is 0 Å². The predicted octanol–water partition coefficient (Wildman–Crippen LogP) is 4.19. The summed E-state index contributed by atoms with van der Waals surface area (Å²) in [6, 6.07) is 16.2. The largest absolute Gasteiger partial charge is 0.473 e. The van der Waals surface area contributed by atoms with Crippen LogP contribution in [0.3, 0.4) is 0 Å². The number of nitrogens with one attached hydrogen (secondary N) is 2. The van der Waals surface area contributed by atoms with Crippen LogP contribution in [-0.4, -0.2) is 24.5 Å². The first-order chi connectivity index (χ1) is 13.7. The molecule has 0 radical (unpaired) electrons. The number of hydrogen-bond donors (Lipinski definition) is 2. The van der Waals surface area contributed by atoms with Crippen molar-refractivity contribution in [3.8, 4) is 5.88 Å². The topological polar surface area (TPSA) is 58.5 Å². The maximum absolute atomic E-state index is 5.80. The lowest BCUT2D eigenvalue weighted by atomic mass is 10.1. The summed E-state index contributed by atoms with van der Waals surface area (Å²) in [5.41, 5.74) is 3.56. The van der Waals surface area contributed by atoms with E-state index in [0.29, 0.717) is 24.9 Å². The Morgan fingerprint density at radius 3 is 2.75 bits per heavy atom. The summed E-state index contributed by atoms with van der Waals surface area (Å²) in [6.45, 7) is 4.20. The molecule has 3 rings (SSSR count). The first-order valence-corrected chi connectivity index (χ1v) is 10.3. The molecule has 0 aliphatic carbocycles. The van der Waals surface area contributed by atoms with Crippen LogP contribution in [0.2, 0.25) is 0 Å². The van der Waals surface area contributed by atoms with E-state index < -0.39 is 0 Å². The lowest BCUT2D eigenvalue weighted by Gasteiger charge is -2.15. The summed E-state index contributed by atoms with van der Waals surface area (Å²) in [6.07, 6.45) is 1.77. The van der Waals surface area contributed by atoms with E-state index in [9.17, 15) is 0 Å². The molecule has 0 saturated carbocycles. The number of nitrogens with zero attached hydrogens (tertiary/aromatic N) is 2. The Labute approximate surface area is 170 Å². The van der Waals surface area contributed by atoms with E-state index in [-0.39, 0.29) is 0 Å². The van der Waals surface area contributed by atoms with Crippen LogP contribution < -0.4 is 15.4 Å². The number of aromatic nitrogens is 1. The Kier molecular flexibility index (Phi) is 7.44. The molecule has 5 nitrogen and oxygen atoms in total. The van der Waals surface area contributed by atoms with Crippen molar-refractivity contribution < 1.29 is 4.74 Å². The van der Waals surface area contributed by atoms with E-state index in [0.717, 1.165) is 23.6 Å². The number of ether oxygens (including phenoxy) is 1. The second kappa shape index (κ2) is 10.5. The van der Waals surface area contributed by atoms with E-state index in [1.54, 1.807) is 24.6 Å². The fourth-order valence-corrected chi connectivity index (χ4v) is 3.48. The van der Waals surface area contributed by atoms with Crippen molar-refractivity contribution in [2.45, 2.75) is 26.0 Å². The first-order valence-electron chi connectivity index (χ1n) is 9.33. The molecule has 0 aliphatic rings. The highest BCUT2D eigenvalue weighted by atomic mass is 32.1. The highest BCUT2D eigenvalue weighted by Crippen LogP contribution is 2.17. The predicted molar refractivity (Wildman–Crippen MR) is 116 cm³/mol. The van der Waals surface area contributed by atoms with Gasteiger partial charge in [0.05, 0.1) is 0 Å². The maximum Gasteiger partial charge on any atom is 0.213 e. The average Bonchev–Trinajstić information content (AvgIpc) is 3.28. The Morgan fingerprint density at radius 1 is 1.14 bits per heavy atom. The van der Waals surface area contributed by atoms with Gasteiger partial charge in [-0.2, -0.15) is 11.3 Å². The second-order valence-corrected chi connectivity index (χ2v) is 7.32. The third-order valence-corrected chi connectivity index (χ3v) is 5.10. The van der Waals surface area contributed by atoms with Crippen LogP contribution in [0.25, 0.3) is 0 Å². The summed E-state index contributed by atoms with van der Waals surface area (Å²) in [7, 11) is 1.78. The van der Waals surface area contributed by atoms with Gasteiger partial charge >= 0.3 is 0 Å². The molecule has 3 aromatic rings. The SMILES string of the molecule is CN=C(NCc1ccnc(OCc2ccccc2)c1)NCC(C)c1ccsc1. The Hall–Kier alpha value is -2.86. The molecule has 0 amide bonds. The van der Waals surface area contributed by atoms with Crippen LogP contribution in [0.15, 0.2) is 70.5 Å². The number of thiophene rings is 1. The number of hydrogen-bond acceptors (Lipinski definition) is 4. The number of benzene rings is 1. The monoisotopic (exact) mass is 394 g/mol. The number of pyridine rings is 1. The number of aliphatic imine (C=N–C) groups is 1. The van der Waals surface area contributed by atoms with E-state index in [1.807, 2.05) is 42.5 Å². The molecule has 6 heteroatoms. The maximum atomic E-state index is 5.80. The molecule has 2 heterocycles. The smallest absolute Gasteiger partial charge is 0.213 e. The third kappa shape index (κ3) is 6.09. The number of rotatable bonds is 8. The van der Waals surface area contributed by atoms with Gasteiger partial charge in [-0.05, 0) is 45.5 Å². The lowest BCUT2D eigenvalue weighted by molar-refractivity contribution is 0.293. The zero-order valence-electron chi connectivity index (χ0n) is 16.3. The summed E-state index contributed by atoms with van der Waals surface area (Å²) >= 11 is 1.73. The molecule has 1 aromatic carbocycles. The fourth-order valence-electron chi connectivity index (χ4n) is 2.70. The van der Waals surface area contributed by atoms with Gasteiger partial charge in [-0.15, -0.1) is 0 Å². The van der Waals surface area contributed by atoms with Gasteiger partial charge in [-0.3, -0.25) is 4.99 Å². The first kappa shape index (κ1) is 19.9. The van der Waals surface area contributed by atoms with Crippen molar-refractivity contribution in [3.05, 3.63) is 82.2 Å². The zero-order chi connectivity index (χ0) is 19.6. The summed E-state index contributed by atoms with van der Waals surface area (Å²) in [5.74, 6) is 1.84. The van der Waals surface area contributed by atoms with Gasteiger partial charge in [0, 0.05) is 32.4 Å². The Morgan fingerprint density at radius 2 is 2.00 bits per heavy atom. The molecule has 28 heavy (non-hydrogen) atoms.